The Bertz CT molecular complexity index is 1390. The standard InChI is InChI=1S/C25H25N7O3/c1-32(2)24(34)22-11-15-3-4-16(12-20(15)30-22)29-25-27-10-8-19(31-25)21-13-17(7-9-26-21)35-18-5-6-23(33)28-14-18/h3-4,7-13,18,30H,5-6,14H2,1-2H3,(H,28,33)(H,27,29,31). The van der Waals surface area contributed by atoms with Gasteiger partial charge in [-0.2, -0.15) is 0 Å². The fourth-order valence-electron chi connectivity index (χ4n) is 3.88. The Morgan fingerprint density at radius 1 is 1.09 bits per heavy atom. The first-order valence-corrected chi connectivity index (χ1v) is 11.3. The summed E-state index contributed by atoms with van der Waals surface area (Å²) in [6.07, 6.45) is 4.42. The molecule has 1 saturated heterocycles. The van der Waals surface area contributed by atoms with Crippen LogP contribution in [0.2, 0.25) is 0 Å². The highest BCUT2D eigenvalue weighted by atomic mass is 16.5. The van der Waals surface area contributed by atoms with E-state index in [0.29, 0.717) is 48.2 Å². The second kappa shape index (κ2) is 9.41. The van der Waals surface area contributed by atoms with Gasteiger partial charge < -0.3 is 25.3 Å². The number of fused-ring (bicyclic) bond motifs is 1. The molecular formula is C25H25N7O3. The van der Waals surface area contributed by atoms with Crippen LogP contribution in [0.5, 0.6) is 5.75 Å². The lowest BCUT2D eigenvalue weighted by molar-refractivity contribution is -0.123. The average Bonchev–Trinajstić information content (AvgIpc) is 3.29. The minimum Gasteiger partial charge on any atom is -0.488 e. The zero-order valence-electron chi connectivity index (χ0n) is 19.4. The molecule has 0 radical (unpaired) electrons. The first kappa shape index (κ1) is 22.3. The second-order valence-corrected chi connectivity index (χ2v) is 8.53. The maximum atomic E-state index is 12.2. The molecule has 0 aliphatic carbocycles. The van der Waals surface area contributed by atoms with Gasteiger partial charge in [-0.05, 0) is 36.8 Å². The zero-order valence-corrected chi connectivity index (χ0v) is 19.4. The van der Waals surface area contributed by atoms with E-state index >= 15 is 0 Å². The van der Waals surface area contributed by atoms with Gasteiger partial charge in [-0.1, -0.05) is 6.07 Å². The summed E-state index contributed by atoms with van der Waals surface area (Å²) in [6, 6.07) is 13.0. The fraction of sp³-hybridized carbons (Fsp3) is 0.240. The van der Waals surface area contributed by atoms with Crippen molar-refractivity contribution in [3.63, 3.8) is 0 Å². The van der Waals surface area contributed by atoms with Gasteiger partial charge in [0.15, 0.2) is 0 Å². The summed E-state index contributed by atoms with van der Waals surface area (Å²) in [5.41, 5.74) is 3.44. The molecule has 35 heavy (non-hydrogen) atoms. The van der Waals surface area contributed by atoms with Crippen LogP contribution in [0.25, 0.3) is 22.3 Å². The van der Waals surface area contributed by atoms with Gasteiger partial charge in [0.25, 0.3) is 5.91 Å². The lowest BCUT2D eigenvalue weighted by Crippen LogP contribution is -2.40. The monoisotopic (exact) mass is 471 g/mol. The summed E-state index contributed by atoms with van der Waals surface area (Å²) in [4.78, 5) is 41.7. The summed E-state index contributed by atoms with van der Waals surface area (Å²) < 4.78 is 6.02. The molecule has 0 saturated carbocycles. The Kier molecular flexibility index (Phi) is 6.01. The lowest BCUT2D eigenvalue weighted by atomic mass is 10.1. The summed E-state index contributed by atoms with van der Waals surface area (Å²) in [5.74, 6) is 1.06. The van der Waals surface area contributed by atoms with E-state index in [0.717, 1.165) is 16.6 Å². The van der Waals surface area contributed by atoms with Crippen LogP contribution < -0.4 is 15.4 Å². The number of hydrogen-bond acceptors (Lipinski definition) is 7. The van der Waals surface area contributed by atoms with E-state index in [1.807, 2.05) is 30.3 Å². The molecule has 10 heteroatoms. The normalized spacial score (nSPS) is 15.5. The van der Waals surface area contributed by atoms with Crippen molar-refractivity contribution >= 4 is 34.4 Å². The third-order valence-corrected chi connectivity index (χ3v) is 5.69. The van der Waals surface area contributed by atoms with Gasteiger partial charge in [-0.3, -0.25) is 14.6 Å². The summed E-state index contributed by atoms with van der Waals surface area (Å²) in [7, 11) is 3.44. The lowest BCUT2D eigenvalue weighted by Gasteiger charge is -2.23. The van der Waals surface area contributed by atoms with E-state index in [1.54, 1.807) is 38.6 Å². The largest absolute Gasteiger partial charge is 0.488 e. The number of carbonyl (C=O) groups excluding carboxylic acids is 2. The van der Waals surface area contributed by atoms with Gasteiger partial charge in [-0.15, -0.1) is 0 Å². The number of hydrogen-bond donors (Lipinski definition) is 3. The average molecular weight is 472 g/mol. The number of pyridine rings is 1. The van der Waals surface area contributed by atoms with Crippen LogP contribution in [0, 0.1) is 0 Å². The molecule has 178 valence electrons. The number of carbonyl (C=O) groups is 2. The number of anilines is 2. The number of aromatic amines is 1. The molecule has 2 amide bonds. The molecule has 3 N–H and O–H groups in total. The number of piperidine rings is 1. The van der Waals surface area contributed by atoms with E-state index < -0.39 is 0 Å². The van der Waals surface area contributed by atoms with E-state index in [4.69, 9.17) is 4.74 Å². The van der Waals surface area contributed by atoms with Crippen molar-refractivity contribution in [2.75, 3.05) is 26.0 Å². The van der Waals surface area contributed by atoms with Crippen LogP contribution in [-0.4, -0.2) is 63.4 Å². The van der Waals surface area contributed by atoms with Crippen molar-refractivity contribution in [2.45, 2.75) is 18.9 Å². The maximum absolute atomic E-state index is 12.2. The van der Waals surface area contributed by atoms with Crippen molar-refractivity contribution in [1.82, 2.24) is 30.2 Å². The number of aromatic nitrogens is 4. The van der Waals surface area contributed by atoms with Crippen molar-refractivity contribution < 1.29 is 14.3 Å². The van der Waals surface area contributed by atoms with Crippen molar-refractivity contribution in [2.24, 2.45) is 0 Å². The molecule has 1 unspecified atom stereocenters. The number of ether oxygens (including phenoxy) is 1. The highest BCUT2D eigenvalue weighted by Gasteiger charge is 2.19. The number of H-pyrrole nitrogens is 1. The Hall–Kier alpha value is -4.47. The first-order chi connectivity index (χ1) is 16.9. The Morgan fingerprint density at radius 3 is 2.74 bits per heavy atom. The molecule has 0 bridgehead atoms. The molecule has 10 nitrogen and oxygen atoms in total. The van der Waals surface area contributed by atoms with Crippen molar-refractivity contribution in [1.29, 1.82) is 0 Å². The van der Waals surface area contributed by atoms with Crippen LogP contribution >= 0.6 is 0 Å². The van der Waals surface area contributed by atoms with Crippen LogP contribution in [0.3, 0.4) is 0 Å². The predicted molar refractivity (Wildman–Crippen MR) is 132 cm³/mol. The quantitative estimate of drug-likeness (QED) is 0.395. The molecule has 1 aliphatic heterocycles. The second-order valence-electron chi connectivity index (χ2n) is 8.53. The van der Waals surface area contributed by atoms with Crippen molar-refractivity contribution in [3.05, 3.63) is 60.6 Å². The highest BCUT2D eigenvalue weighted by molar-refractivity contribution is 5.98. The molecule has 0 spiro atoms. The van der Waals surface area contributed by atoms with E-state index in [9.17, 15) is 9.59 Å². The predicted octanol–water partition coefficient (Wildman–Crippen LogP) is 3.12. The molecule has 5 rings (SSSR count). The van der Waals surface area contributed by atoms with Gasteiger partial charge in [0, 0.05) is 55.6 Å². The Morgan fingerprint density at radius 2 is 1.94 bits per heavy atom. The van der Waals surface area contributed by atoms with Crippen LogP contribution in [0.1, 0.15) is 23.3 Å². The molecule has 4 aromatic rings. The zero-order chi connectivity index (χ0) is 24.4. The number of nitrogens with one attached hydrogen (secondary N) is 3. The van der Waals surface area contributed by atoms with Gasteiger partial charge in [0.2, 0.25) is 11.9 Å². The Labute approximate surface area is 201 Å². The van der Waals surface area contributed by atoms with Gasteiger partial charge in [0.1, 0.15) is 17.5 Å². The maximum Gasteiger partial charge on any atom is 0.269 e. The minimum absolute atomic E-state index is 0.0548. The molecular weight excluding hydrogens is 446 g/mol. The highest BCUT2D eigenvalue weighted by Crippen LogP contribution is 2.25. The number of amides is 2. The summed E-state index contributed by atoms with van der Waals surface area (Å²) in [5, 5.41) is 6.98. The topological polar surface area (TPSA) is 125 Å². The molecule has 1 aliphatic rings. The van der Waals surface area contributed by atoms with Crippen molar-refractivity contribution in [3.8, 4) is 17.1 Å². The summed E-state index contributed by atoms with van der Waals surface area (Å²) in [6.45, 7) is 0.494. The minimum atomic E-state index is -0.0845. The molecule has 1 fully saturated rings. The Balaban J connectivity index is 1.32. The molecule has 1 atom stereocenters. The third kappa shape index (κ3) is 5.06. The van der Waals surface area contributed by atoms with Gasteiger partial charge in [0.05, 0.1) is 17.9 Å². The van der Waals surface area contributed by atoms with E-state index in [1.165, 1.54) is 4.90 Å². The molecule has 3 aromatic heterocycles. The molecule has 1 aromatic carbocycles. The van der Waals surface area contributed by atoms with Crippen LogP contribution in [-0.2, 0) is 4.79 Å². The SMILES string of the molecule is CN(C)C(=O)c1cc2ccc(Nc3nccc(-c4cc(OC5CCC(=O)NC5)ccn4)n3)cc2[nH]1. The number of rotatable bonds is 6. The third-order valence-electron chi connectivity index (χ3n) is 5.69. The van der Waals surface area contributed by atoms with Gasteiger partial charge in [-0.25, -0.2) is 9.97 Å². The van der Waals surface area contributed by atoms with Crippen LogP contribution in [0.15, 0.2) is 54.9 Å². The smallest absolute Gasteiger partial charge is 0.269 e. The molecule has 4 heterocycles. The van der Waals surface area contributed by atoms with Crippen LogP contribution in [0.4, 0.5) is 11.6 Å². The number of benzene rings is 1. The van der Waals surface area contributed by atoms with E-state index in [-0.39, 0.29) is 17.9 Å². The van der Waals surface area contributed by atoms with E-state index in [2.05, 4.69) is 30.6 Å². The fourth-order valence-corrected chi connectivity index (χ4v) is 3.88. The van der Waals surface area contributed by atoms with Gasteiger partial charge >= 0.3 is 0 Å². The first-order valence-electron chi connectivity index (χ1n) is 11.3. The summed E-state index contributed by atoms with van der Waals surface area (Å²) >= 11 is 0. The number of nitrogens with zero attached hydrogens (tertiary/aromatic N) is 4.